The predicted octanol–water partition coefficient (Wildman–Crippen LogP) is 3.05. The summed E-state index contributed by atoms with van der Waals surface area (Å²) in [5.74, 6) is -0.317. The van der Waals surface area contributed by atoms with E-state index in [-0.39, 0.29) is 11.4 Å². The van der Waals surface area contributed by atoms with Gasteiger partial charge in [-0.25, -0.2) is 4.39 Å². The van der Waals surface area contributed by atoms with E-state index in [0.29, 0.717) is 5.69 Å². The van der Waals surface area contributed by atoms with E-state index in [0.717, 1.165) is 10.0 Å². The molecule has 82 valence electrons. The van der Waals surface area contributed by atoms with E-state index in [1.807, 2.05) is 6.92 Å². The molecule has 0 fully saturated rings. The van der Waals surface area contributed by atoms with Gasteiger partial charge in [0.2, 0.25) is 0 Å². The second-order valence-corrected chi connectivity index (χ2v) is 4.34. The summed E-state index contributed by atoms with van der Waals surface area (Å²) >= 11 is 3.36. The fraction of sp³-hybridized carbons (Fsp3) is 0.0833. The first-order chi connectivity index (χ1) is 7.58. The number of benzene rings is 1. The number of nitrogens with zero attached hydrogens (tertiary/aromatic N) is 1. The van der Waals surface area contributed by atoms with Gasteiger partial charge in [0, 0.05) is 22.4 Å². The molecule has 1 heterocycles. The van der Waals surface area contributed by atoms with Crippen LogP contribution in [0.4, 0.5) is 4.39 Å². The van der Waals surface area contributed by atoms with Crippen LogP contribution in [0.15, 0.2) is 45.8 Å². The fourth-order valence-electron chi connectivity index (χ4n) is 1.41. The maximum atomic E-state index is 12.7. The van der Waals surface area contributed by atoms with Crippen molar-refractivity contribution in [2.24, 2.45) is 0 Å². The number of halogens is 2. The van der Waals surface area contributed by atoms with E-state index in [9.17, 15) is 9.18 Å². The standard InChI is InChI=1S/C12H9BrFNO/c1-8-6-12(16)15(7-11(8)13)10-4-2-9(14)3-5-10/h2-7H,1H3. The fourth-order valence-corrected chi connectivity index (χ4v) is 1.73. The van der Waals surface area contributed by atoms with Crippen LogP contribution in [0.25, 0.3) is 5.69 Å². The van der Waals surface area contributed by atoms with Crippen molar-refractivity contribution in [3.8, 4) is 5.69 Å². The van der Waals surface area contributed by atoms with Gasteiger partial charge < -0.3 is 0 Å². The molecule has 1 aromatic heterocycles. The van der Waals surface area contributed by atoms with E-state index in [1.54, 1.807) is 18.3 Å². The molecule has 0 amide bonds. The highest BCUT2D eigenvalue weighted by molar-refractivity contribution is 9.10. The summed E-state index contributed by atoms with van der Waals surface area (Å²) in [4.78, 5) is 11.7. The summed E-state index contributed by atoms with van der Waals surface area (Å²) in [5, 5.41) is 0. The Kier molecular flexibility index (Phi) is 2.92. The third-order valence-electron chi connectivity index (χ3n) is 2.30. The lowest BCUT2D eigenvalue weighted by Gasteiger charge is -2.07. The van der Waals surface area contributed by atoms with Crippen molar-refractivity contribution in [3.05, 3.63) is 62.7 Å². The second kappa shape index (κ2) is 4.22. The molecule has 0 unspecified atom stereocenters. The first kappa shape index (κ1) is 11.1. The van der Waals surface area contributed by atoms with Crippen LogP contribution in [0.5, 0.6) is 0 Å². The quantitative estimate of drug-likeness (QED) is 0.788. The average Bonchev–Trinajstić information content (AvgIpc) is 2.25. The van der Waals surface area contributed by atoms with Crippen molar-refractivity contribution in [1.29, 1.82) is 0 Å². The Hall–Kier alpha value is -1.42. The van der Waals surface area contributed by atoms with Crippen LogP contribution in [-0.2, 0) is 0 Å². The molecule has 0 N–H and O–H groups in total. The van der Waals surface area contributed by atoms with Gasteiger partial charge in [0.1, 0.15) is 5.82 Å². The van der Waals surface area contributed by atoms with Crippen molar-refractivity contribution in [3.63, 3.8) is 0 Å². The van der Waals surface area contributed by atoms with Gasteiger partial charge in [0.15, 0.2) is 0 Å². The molecule has 0 aliphatic rings. The van der Waals surface area contributed by atoms with E-state index in [4.69, 9.17) is 0 Å². The highest BCUT2D eigenvalue weighted by Gasteiger charge is 2.03. The van der Waals surface area contributed by atoms with Gasteiger partial charge in [-0.05, 0) is 52.7 Å². The van der Waals surface area contributed by atoms with Gasteiger partial charge in [-0.15, -0.1) is 0 Å². The van der Waals surface area contributed by atoms with Crippen LogP contribution in [0.1, 0.15) is 5.56 Å². The monoisotopic (exact) mass is 281 g/mol. The summed E-state index contributed by atoms with van der Waals surface area (Å²) in [5.41, 5.74) is 1.39. The van der Waals surface area contributed by atoms with Crippen LogP contribution in [0, 0.1) is 12.7 Å². The van der Waals surface area contributed by atoms with E-state index in [2.05, 4.69) is 15.9 Å². The molecule has 16 heavy (non-hydrogen) atoms. The molecular formula is C12H9BrFNO. The molecule has 0 atom stereocenters. The predicted molar refractivity (Wildman–Crippen MR) is 64.4 cm³/mol. The zero-order chi connectivity index (χ0) is 11.7. The maximum Gasteiger partial charge on any atom is 0.255 e. The van der Waals surface area contributed by atoms with Crippen LogP contribution in [0.2, 0.25) is 0 Å². The lowest BCUT2D eigenvalue weighted by atomic mass is 10.2. The summed E-state index contributed by atoms with van der Waals surface area (Å²) < 4.78 is 15.1. The summed E-state index contributed by atoms with van der Waals surface area (Å²) in [6, 6.07) is 7.33. The summed E-state index contributed by atoms with van der Waals surface area (Å²) in [6.45, 7) is 1.85. The Bertz CT molecular complexity index is 575. The molecule has 0 aliphatic heterocycles. The largest absolute Gasteiger partial charge is 0.283 e. The van der Waals surface area contributed by atoms with Gasteiger partial charge in [-0.2, -0.15) is 0 Å². The topological polar surface area (TPSA) is 22.0 Å². The first-order valence-electron chi connectivity index (χ1n) is 4.72. The Morgan fingerprint density at radius 2 is 1.88 bits per heavy atom. The molecule has 0 radical (unpaired) electrons. The molecule has 4 heteroatoms. The van der Waals surface area contributed by atoms with Crippen LogP contribution < -0.4 is 5.56 Å². The highest BCUT2D eigenvalue weighted by atomic mass is 79.9. The van der Waals surface area contributed by atoms with Crippen molar-refractivity contribution in [2.75, 3.05) is 0 Å². The first-order valence-corrected chi connectivity index (χ1v) is 5.52. The Morgan fingerprint density at radius 3 is 2.50 bits per heavy atom. The summed E-state index contributed by atoms with van der Waals surface area (Å²) in [7, 11) is 0. The Morgan fingerprint density at radius 1 is 1.25 bits per heavy atom. The molecule has 0 bridgehead atoms. The zero-order valence-corrected chi connectivity index (χ0v) is 10.2. The van der Waals surface area contributed by atoms with Crippen LogP contribution >= 0.6 is 15.9 Å². The molecular weight excluding hydrogens is 273 g/mol. The number of aryl methyl sites for hydroxylation is 1. The molecule has 1 aromatic carbocycles. The number of rotatable bonds is 1. The van der Waals surface area contributed by atoms with Crippen molar-refractivity contribution >= 4 is 15.9 Å². The van der Waals surface area contributed by atoms with E-state index in [1.165, 1.54) is 22.8 Å². The highest BCUT2D eigenvalue weighted by Crippen LogP contribution is 2.15. The molecule has 0 spiro atoms. The van der Waals surface area contributed by atoms with Crippen LogP contribution in [0.3, 0.4) is 0 Å². The van der Waals surface area contributed by atoms with Crippen LogP contribution in [-0.4, -0.2) is 4.57 Å². The third kappa shape index (κ3) is 2.07. The molecule has 2 rings (SSSR count). The van der Waals surface area contributed by atoms with Gasteiger partial charge in [0.05, 0.1) is 0 Å². The van der Waals surface area contributed by atoms with E-state index < -0.39 is 0 Å². The van der Waals surface area contributed by atoms with Crippen molar-refractivity contribution in [1.82, 2.24) is 4.57 Å². The number of pyridine rings is 1. The maximum absolute atomic E-state index is 12.7. The Balaban J connectivity index is 2.60. The lowest BCUT2D eigenvalue weighted by molar-refractivity contribution is 0.627. The number of hydrogen-bond donors (Lipinski definition) is 0. The van der Waals surface area contributed by atoms with Crippen molar-refractivity contribution in [2.45, 2.75) is 6.92 Å². The second-order valence-electron chi connectivity index (χ2n) is 3.49. The average molecular weight is 282 g/mol. The van der Waals surface area contributed by atoms with Crippen molar-refractivity contribution < 1.29 is 4.39 Å². The van der Waals surface area contributed by atoms with Gasteiger partial charge in [-0.3, -0.25) is 9.36 Å². The smallest absolute Gasteiger partial charge is 0.255 e. The molecule has 2 aromatic rings. The lowest BCUT2D eigenvalue weighted by Crippen LogP contribution is -2.17. The minimum atomic E-state index is -0.317. The third-order valence-corrected chi connectivity index (χ3v) is 3.13. The molecule has 2 nitrogen and oxygen atoms in total. The molecule has 0 aliphatic carbocycles. The van der Waals surface area contributed by atoms with Gasteiger partial charge in [-0.1, -0.05) is 0 Å². The van der Waals surface area contributed by atoms with E-state index >= 15 is 0 Å². The number of aromatic nitrogens is 1. The summed E-state index contributed by atoms with van der Waals surface area (Å²) in [6.07, 6.45) is 1.69. The minimum Gasteiger partial charge on any atom is -0.283 e. The SMILES string of the molecule is Cc1cc(=O)n(-c2ccc(F)cc2)cc1Br. The normalized spacial score (nSPS) is 10.4. The number of hydrogen-bond acceptors (Lipinski definition) is 1. The zero-order valence-electron chi connectivity index (χ0n) is 8.58. The van der Waals surface area contributed by atoms with Gasteiger partial charge >= 0.3 is 0 Å². The van der Waals surface area contributed by atoms with Gasteiger partial charge in [0.25, 0.3) is 5.56 Å². The Labute approximate surface area is 100 Å². The minimum absolute atomic E-state index is 0.132. The molecule has 0 saturated carbocycles. The molecule has 0 saturated heterocycles.